The van der Waals surface area contributed by atoms with Crippen molar-refractivity contribution in [2.24, 2.45) is 0 Å². The lowest BCUT2D eigenvalue weighted by Gasteiger charge is -2.23. The van der Waals surface area contributed by atoms with E-state index >= 15 is 0 Å². The van der Waals surface area contributed by atoms with Crippen molar-refractivity contribution in [3.05, 3.63) is 41.5 Å². The second-order valence-corrected chi connectivity index (χ2v) is 7.12. The van der Waals surface area contributed by atoms with Gasteiger partial charge in [0.2, 0.25) is 0 Å². The molecule has 1 N–H and O–H groups in total. The SMILES string of the molecule is CS(=O)(=O)Cc1ccc(C2=CCN(C(=O)O)CC2)cc1. The molecule has 108 valence electrons. The van der Waals surface area contributed by atoms with Gasteiger partial charge in [-0.1, -0.05) is 30.3 Å². The molecule has 0 fully saturated rings. The first-order valence-electron chi connectivity index (χ1n) is 6.29. The van der Waals surface area contributed by atoms with Crippen LogP contribution in [0.1, 0.15) is 17.5 Å². The normalized spacial score (nSPS) is 15.8. The van der Waals surface area contributed by atoms with Crippen molar-refractivity contribution in [3.63, 3.8) is 0 Å². The predicted molar refractivity (Wildman–Crippen MR) is 77.2 cm³/mol. The fourth-order valence-electron chi connectivity index (χ4n) is 2.22. The molecule has 0 aromatic heterocycles. The fourth-order valence-corrected chi connectivity index (χ4v) is 3.02. The van der Waals surface area contributed by atoms with E-state index in [2.05, 4.69) is 0 Å². The van der Waals surface area contributed by atoms with Crippen LogP contribution in [0.3, 0.4) is 0 Å². The van der Waals surface area contributed by atoms with Gasteiger partial charge in [0.05, 0.1) is 5.75 Å². The first-order chi connectivity index (χ1) is 9.35. The summed E-state index contributed by atoms with van der Waals surface area (Å²) in [5.41, 5.74) is 2.89. The number of amides is 1. The largest absolute Gasteiger partial charge is 0.465 e. The van der Waals surface area contributed by atoms with Crippen LogP contribution in [0.5, 0.6) is 0 Å². The first-order valence-corrected chi connectivity index (χ1v) is 8.35. The van der Waals surface area contributed by atoms with Crippen LogP contribution in [-0.4, -0.2) is 43.9 Å². The van der Waals surface area contributed by atoms with Gasteiger partial charge >= 0.3 is 6.09 Å². The quantitative estimate of drug-likeness (QED) is 0.925. The molecule has 0 radical (unpaired) electrons. The Kier molecular flexibility index (Phi) is 4.13. The van der Waals surface area contributed by atoms with E-state index in [1.165, 1.54) is 11.2 Å². The van der Waals surface area contributed by atoms with E-state index in [-0.39, 0.29) is 5.75 Å². The smallest absolute Gasteiger partial charge is 0.407 e. The van der Waals surface area contributed by atoms with E-state index in [1.807, 2.05) is 18.2 Å². The predicted octanol–water partition coefficient (Wildman–Crippen LogP) is 2.00. The lowest BCUT2D eigenvalue weighted by atomic mass is 9.99. The standard InChI is InChI=1S/C14H17NO4S/c1-20(18,19)10-11-2-4-12(5-3-11)13-6-8-15(9-7-13)14(16)17/h2-6H,7-10H2,1H3,(H,16,17). The molecule has 5 nitrogen and oxygen atoms in total. The number of nitrogens with zero attached hydrogens (tertiary/aromatic N) is 1. The van der Waals surface area contributed by atoms with Gasteiger partial charge in [-0.2, -0.15) is 0 Å². The van der Waals surface area contributed by atoms with Crippen LogP contribution in [0.2, 0.25) is 0 Å². The van der Waals surface area contributed by atoms with Gasteiger partial charge in [0.1, 0.15) is 0 Å². The minimum absolute atomic E-state index is 0.0408. The van der Waals surface area contributed by atoms with Crippen molar-refractivity contribution in [1.82, 2.24) is 4.90 Å². The molecule has 1 amide bonds. The molecule has 20 heavy (non-hydrogen) atoms. The molecule has 1 heterocycles. The summed E-state index contributed by atoms with van der Waals surface area (Å²) in [4.78, 5) is 12.2. The summed E-state index contributed by atoms with van der Waals surface area (Å²) in [5.74, 6) is 0.0408. The number of carboxylic acid groups (broad SMARTS) is 1. The minimum Gasteiger partial charge on any atom is -0.465 e. The van der Waals surface area contributed by atoms with E-state index in [0.29, 0.717) is 19.5 Å². The molecule has 6 heteroatoms. The highest BCUT2D eigenvalue weighted by atomic mass is 32.2. The molecule has 0 saturated carbocycles. The second kappa shape index (κ2) is 5.66. The molecule has 0 saturated heterocycles. The minimum atomic E-state index is -3.02. The summed E-state index contributed by atoms with van der Waals surface area (Å²) in [6.07, 6.45) is 2.90. The molecule has 0 spiro atoms. The zero-order valence-electron chi connectivity index (χ0n) is 11.2. The third-order valence-electron chi connectivity index (χ3n) is 3.23. The van der Waals surface area contributed by atoms with Crippen LogP contribution < -0.4 is 0 Å². The van der Waals surface area contributed by atoms with Crippen molar-refractivity contribution < 1.29 is 18.3 Å². The summed E-state index contributed by atoms with van der Waals surface area (Å²) in [6.45, 7) is 0.891. The Morgan fingerprint density at radius 1 is 1.30 bits per heavy atom. The van der Waals surface area contributed by atoms with Crippen molar-refractivity contribution in [2.75, 3.05) is 19.3 Å². The summed E-state index contributed by atoms with van der Waals surface area (Å²) in [7, 11) is -3.02. The van der Waals surface area contributed by atoms with Gasteiger partial charge in [-0.25, -0.2) is 13.2 Å². The molecule has 2 rings (SSSR count). The van der Waals surface area contributed by atoms with Crippen molar-refractivity contribution in [2.45, 2.75) is 12.2 Å². The molecule has 1 aromatic carbocycles. The van der Waals surface area contributed by atoms with Crippen molar-refractivity contribution in [3.8, 4) is 0 Å². The highest BCUT2D eigenvalue weighted by Gasteiger charge is 2.16. The summed E-state index contributed by atoms with van der Waals surface area (Å²) in [6, 6.07) is 7.40. The zero-order valence-corrected chi connectivity index (χ0v) is 12.1. The number of rotatable bonds is 3. The molecule has 0 atom stereocenters. The maximum Gasteiger partial charge on any atom is 0.407 e. The second-order valence-electron chi connectivity index (χ2n) is 4.97. The number of carbonyl (C=O) groups is 1. The van der Waals surface area contributed by atoms with E-state index in [9.17, 15) is 13.2 Å². The highest BCUT2D eigenvalue weighted by Crippen LogP contribution is 2.23. The average molecular weight is 295 g/mol. The lowest BCUT2D eigenvalue weighted by molar-refractivity contribution is 0.150. The van der Waals surface area contributed by atoms with Gasteiger partial charge in [-0.05, 0) is 23.1 Å². The third-order valence-corrected chi connectivity index (χ3v) is 4.09. The molecule has 1 aliphatic heterocycles. The van der Waals surface area contributed by atoms with E-state index in [0.717, 1.165) is 16.7 Å². The van der Waals surface area contributed by atoms with Crippen LogP contribution >= 0.6 is 0 Å². The van der Waals surface area contributed by atoms with E-state index in [4.69, 9.17) is 5.11 Å². The Balaban J connectivity index is 2.10. The molecular weight excluding hydrogens is 278 g/mol. The van der Waals surface area contributed by atoms with Gasteiger partial charge in [-0.15, -0.1) is 0 Å². The summed E-state index contributed by atoms with van der Waals surface area (Å²) < 4.78 is 22.4. The molecule has 0 bridgehead atoms. The topological polar surface area (TPSA) is 74.7 Å². The number of hydrogen-bond acceptors (Lipinski definition) is 3. The Morgan fingerprint density at radius 3 is 2.40 bits per heavy atom. The zero-order chi connectivity index (χ0) is 14.8. The summed E-state index contributed by atoms with van der Waals surface area (Å²) in [5, 5.41) is 8.88. The Labute approximate surface area is 118 Å². The van der Waals surface area contributed by atoms with Gasteiger partial charge < -0.3 is 10.0 Å². The fraction of sp³-hybridized carbons (Fsp3) is 0.357. The lowest BCUT2D eigenvalue weighted by Crippen LogP contribution is -2.33. The van der Waals surface area contributed by atoms with Crippen molar-refractivity contribution >= 4 is 21.5 Å². The number of hydrogen-bond donors (Lipinski definition) is 1. The molecule has 0 aliphatic carbocycles. The van der Waals surface area contributed by atoms with Crippen LogP contribution in [0, 0.1) is 0 Å². The molecule has 1 aromatic rings. The number of benzene rings is 1. The summed E-state index contributed by atoms with van der Waals surface area (Å²) >= 11 is 0. The maximum atomic E-state index is 11.2. The van der Waals surface area contributed by atoms with Crippen LogP contribution in [0.15, 0.2) is 30.3 Å². The average Bonchev–Trinajstić information content (AvgIpc) is 2.38. The van der Waals surface area contributed by atoms with Crippen LogP contribution in [0.4, 0.5) is 4.79 Å². The van der Waals surface area contributed by atoms with Crippen LogP contribution in [-0.2, 0) is 15.6 Å². The molecule has 1 aliphatic rings. The van der Waals surface area contributed by atoms with Crippen molar-refractivity contribution in [1.29, 1.82) is 0 Å². The highest BCUT2D eigenvalue weighted by molar-refractivity contribution is 7.89. The maximum absolute atomic E-state index is 11.2. The van der Waals surface area contributed by atoms with Crippen LogP contribution in [0.25, 0.3) is 5.57 Å². The Hall–Kier alpha value is -1.82. The first kappa shape index (κ1) is 14.6. The van der Waals surface area contributed by atoms with E-state index in [1.54, 1.807) is 12.1 Å². The van der Waals surface area contributed by atoms with Gasteiger partial charge in [0.15, 0.2) is 9.84 Å². The van der Waals surface area contributed by atoms with Gasteiger partial charge in [-0.3, -0.25) is 0 Å². The number of sulfone groups is 1. The molecular formula is C14H17NO4S. The Bertz CT molecular complexity index is 632. The molecule has 0 unspecified atom stereocenters. The Morgan fingerprint density at radius 2 is 1.95 bits per heavy atom. The van der Waals surface area contributed by atoms with E-state index < -0.39 is 15.9 Å². The third kappa shape index (κ3) is 3.84. The van der Waals surface area contributed by atoms with Gasteiger partial charge in [0, 0.05) is 19.3 Å². The van der Waals surface area contributed by atoms with Gasteiger partial charge in [0.25, 0.3) is 0 Å². The monoisotopic (exact) mass is 295 g/mol.